The van der Waals surface area contributed by atoms with Gasteiger partial charge in [-0.25, -0.2) is 4.79 Å². The van der Waals surface area contributed by atoms with E-state index in [9.17, 15) is 4.79 Å². The average Bonchev–Trinajstić information content (AvgIpc) is 2.96. The summed E-state index contributed by atoms with van der Waals surface area (Å²) >= 11 is 0. The standard InChI is InChI=1S/C11H22N4O/c16-11(14-7-9-1-3-12-5-9)15-8-10-2-4-13-6-10/h9-10,12-13H,1-8H2,(H2,14,15,16). The molecule has 0 aliphatic carbocycles. The highest BCUT2D eigenvalue weighted by molar-refractivity contribution is 5.73. The molecule has 0 saturated carbocycles. The molecular formula is C11H22N4O. The minimum Gasteiger partial charge on any atom is -0.338 e. The molecule has 2 aliphatic heterocycles. The van der Waals surface area contributed by atoms with Gasteiger partial charge < -0.3 is 21.3 Å². The van der Waals surface area contributed by atoms with Crippen molar-refractivity contribution in [1.82, 2.24) is 21.3 Å². The molecule has 2 amide bonds. The van der Waals surface area contributed by atoms with E-state index in [1.54, 1.807) is 0 Å². The summed E-state index contributed by atoms with van der Waals surface area (Å²) in [6.45, 7) is 5.83. The van der Waals surface area contributed by atoms with Crippen LogP contribution < -0.4 is 21.3 Å². The highest BCUT2D eigenvalue weighted by Crippen LogP contribution is 2.06. The largest absolute Gasteiger partial charge is 0.338 e. The van der Waals surface area contributed by atoms with E-state index in [2.05, 4.69) is 21.3 Å². The maximum atomic E-state index is 11.5. The number of nitrogens with one attached hydrogen (secondary N) is 4. The Morgan fingerprint density at radius 3 is 1.88 bits per heavy atom. The Hall–Kier alpha value is -0.810. The highest BCUT2D eigenvalue weighted by atomic mass is 16.2. The normalized spacial score (nSPS) is 29.2. The Morgan fingerprint density at radius 1 is 1.00 bits per heavy atom. The van der Waals surface area contributed by atoms with E-state index in [-0.39, 0.29) is 6.03 Å². The van der Waals surface area contributed by atoms with Gasteiger partial charge in [0.25, 0.3) is 0 Å². The Bertz CT molecular complexity index is 200. The molecule has 0 aromatic rings. The molecular weight excluding hydrogens is 204 g/mol. The molecule has 0 aromatic carbocycles. The van der Waals surface area contributed by atoms with Gasteiger partial charge in [0.15, 0.2) is 0 Å². The van der Waals surface area contributed by atoms with Crippen LogP contribution in [0, 0.1) is 11.8 Å². The summed E-state index contributed by atoms with van der Waals surface area (Å²) in [4.78, 5) is 11.5. The van der Waals surface area contributed by atoms with Crippen LogP contribution in [0.15, 0.2) is 0 Å². The van der Waals surface area contributed by atoms with Gasteiger partial charge in [-0.05, 0) is 50.9 Å². The van der Waals surface area contributed by atoms with Gasteiger partial charge in [-0.3, -0.25) is 0 Å². The quantitative estimate of drug-likeness (QED) is 0.523. The van der Waals surface area contributed by atoms with Gasteiger partial charge in [0.05, 0.1) is 0 Å². The summed E-state index contributed by atoms with van der Waals surface area (Å²) in [5, 5.41) is 12.5. The molecule has 2 fully saturated rings. The number of hydrogen-bond acceptors (Lipinski definition) is 3. The van der Waals surface area contributed by atoms with E-state index in [0.717, 1.165) is 39.3 Å². The third kappa shape index (κ3) is 3.64. The van der Waals surface area contributed by atoms with E-state index >= 15 is 0 Å². The molecule has 2 aliphatic rings. The lowest BCUT2D eigenvalue weighted by molar-refractivity contribution is 0.237. The van der Waals surface area contributed by atoms with Gasteiger partial charge in [0.1, 0.15) is 0 Å². The predicted molar refractivity (Wildman–Crippen MR) is 63.4 cm³/mol. The van der Waals surface area contributed by atoms with Crippen LogP contribution in [-0.2, 0) is 0 Å². The summed E-state index contributed by atoms with van der Waals surface area (Å²) in [5.74, 6) is 1.22. The summed E-state index contributed by atoms with van der Waals surface area (Å²) in [6, 6.07) is -0.0150. The zero-order valence-electron chi connectivity index (χ0n) is 9.72. The smallest absolute Gasteiger partial charge is 0.314 e. The summed E-state index contributed by atoms with van der Waals surface area (Å²) in [6.07, 6.45) is 2.35. The van der Waals surface area contributed by atoms with Crippen LogP contribution in [-0.4, -0.2) is 45.3 Å². The molecule has 0 radical (unpaired) electrons. The summed E-state index contributed by atoms with van der Waals surface area (Å²) in [5.41, 5.74) is 0. The minimum atomic E-state index is -0.0150. The van der Waals surface area contributed by atoms with Crippen LogP contribution in [0.3, 0.4) is 0 Å². The molecule has 92 valence electrons. The average molecular weight is 226 g/mol. The zero-order chi connectivity index (χ0) is 11.2. The van der Waals surface area contributed by atoms with Gasteiger partial charge in [-0.1, -0.05) is 0 Å². The molecule has 2 heterocycles. The van der Waals surface area contributed by atoms with E-state index in [4.69, 9.17) is 0 Å². The third-order valence-corrected chi connectivity index (χ3v) is 3.43. The number of carbonyl (C=O) groups is 1. The van der Waals surface area contributed by atoms with Crippen molar-refractivity contribution in [2.45, 2.75) is 12.8 Å². The lowest BCUT2D eigenvalue weighted by atomic mass is 10.1. The number of carbonyl (C=O) groups excluding carboxylic acids is 1. The van der Waals surface area contributed by atoms with Gasteiger partial charge >= 0.3 is 6.03 Å². The van der Waals surface area contributed by atoms with E-state index in [0.29, 0.717) is 11.8 Å². The monoisotopic (exact) mass is 226 g/mol. The minimum absolute atomic E-state index is 0.0150. The fourth-order valence-electron chi connectivity index (χ4n) is 2.31. The van der Waals surface area contributed by atoms with E-state index in [1.807, 2.05) is 0 Å². The fourth-order valence-corrected chi connectivity index (χ4v) is 2.31. The maximum Gasteiger partial charge on any atom is 0.314 e. The van der Waals surface area contributed by atoms with Crippen molar-refractivity contribution in [2.75, 3.05) is 39.3 Å². The zero-order valence-corrected chi connectivity index (χ0v) is 9.72. The predicted octanol–water partition coefficient (Wildman–Crippen LogP) is -0.495. The molecule has 5 heteroatoms. The molecule has 16 heavy (non-hydrogen) atoms. The van der Waals surface area contributed by atoms with Crippen LogP contribution in [0.1, 0.15) is 12.8 Å². The van der Waals surface area contributed by atoms with Gasteiger partial charge in [-0.2, -0.15) is 0 Å². The summed E-state index contributed by atoms with van der Waals surface area (Å²) < 4.78 is 0. The van der Waals surface area contributed by atoms with Gasteiger partial charge in [0.2, 0.25) is 0 Å². The van der Waals surface area contributed by atoms with Crippen LogP contribution >= 0.6 is 0 Å². The van der Waals surface area contributed by atoms with Crippen LogP contribution in [0.4, 0.5) is 4.79 Å². The SMILES string of the molecule is O=C(NCC1CCNC1)NCC1CCNC1. The number of urea groups is 1. The second-order valence-electron chi connectivity index (χ2n) is 4.81. The second-order valence-corrected chi connectivity index (χ2v) is 4.81. The van der Waals surface area contributed by atoms with Crippen molar-refractivity contribution in [3.8, 4) is 0 Å². The molecule has 0 spiro atoms. The fraction of sp³-hybridized carbons (Fsp3) is 0.909. The van der Waals surface area contributed by atoms with Crippen LogP contribution in [0.2, 0.25) is 0 Å². The molecule has 2 atom stereocenters. The Labute approximate surface area is 96.7 Å². The number of rotatable bonds is 4. The van der Waals surface area contributed by atoms with Crippen molar-refractivity contribution in [2.24, 2.45) is 11.8 Å². The number of hydrogen-bond donors (Lipinski definition) is 4. The van der Waals surface area contributed by atoms with Crippen molar-refractivity contribution < 1.29 is 4.79 Å². The first-order valence-corrected chi connectivity index (χ1v) is 6.27. The van der Waals surface area contributed by atoms with Crippen molar-refractivity contribution >= 4 is 6.03 Å². The van der Waals surface area contributed by atoms with E-state index < -0.39 is 0 Å². The van der Waals surface area contributed by atoms with Crippen molar-refractivity contribution in [3.05, 3.63) is 0 Å². The topological polar surface area (TPSA) is 65.2 Å². The first-order chi connectivity index (χ1) is 7.84. The third-order valence-electron chi connectivity index (χ3n) is 3.43. The Morgan fingerprint density at radius 2 is 1.50 bits per heavy atom. The Balaban J connectivity index is 1.53. The lowest BCUT2D eigenvalue weighted by Crippen LogP contribution is -2.41. The molecule has 4 N–H and O–H groups in total. The lowest BCUT2D eigenvalue weighted by Gasteiger charge is -2.13. The molecule has 5 nitrogen and oxygen atoms in total. The van der Waals surface area contributed by atoms with Crippen LogP contribution in [0.25, 0.3) is 0 Å². The van der Waals surface area contributed by atoms with E-state index in [1.165, 1.54) is 12.8 Å². The first kappa shape index (κ1) is 11.7. The van der Waals surface area contributed by atoms with Crippen molar-refractivity contribution in [3.63, 3.8) is 0 Å². The molecule has 2 saturated heterocycles. The summed E-state index contributed by atoms with van der Waals surface area (Å²) in [7, 11) is 0. The highest BCUT2D eigenvalue weighted by Gasteiger charge is 2.17. The van der Waals surface area contributed by atoms with Crippen molar-refractivity contribution in [1.29, 1.82) is 0 Å². The molecule has 0 aromatic heterocycles. The molecule has 0 bridgehead atoms. The van der Waals surface area contributed by atoms with Gasteiger partial charge in [0, 0.05) is 13.1 Å². The molecule has 2 unspecified atom stereocenters. The van der Waals surface area contributed by atoms with Gasteiger partial charge in [-0.15, -0.1) is 0 Å². The maximum absolute atomic E-state index is 11.5. The number of amides is 2. The Kier molecular flexibility index (Phi) is 4.42. The second kappa shape index (κ2) is 6.06. The van der Waals surface area contributed by atoms with Crippen LogP contribution in [0.5, 0.6) is 0 Å². The molecule has 2 rings (SSSR count). The first-order valence-electron chi connectivity index (χ1n) is 6.27.